The molecule has 1 aliphatic heterocycles. The number of likely N-dealkylation sites (tertiary alicyclic amines) is 1. The predicted octanol–water partition coefficient (Wildman–Crippen LogP) is 2.07. The van der Waals surface area contributed by atoms with Crippen LogP contribution in [-0.2, 0) is 0 Å². The van der Waals surface area contributed by atoms with Crippen molar-refractivity contribution in [2.45, 2.75) is 59.5 Å². The molecule has 0 aromatic carbocycles. The maximum atomic E-state index is 4.70. The van der Waals surface area contributed by atoms with Crippen molar-refractivity contribution < 1.29 is 0 Å². The normalized spacial score (nSPS) is 20.6. The molecule has 1 fully saturated rings. The number of hydrogen-bond donors (Lipinski definition) is 2. The van der Waals surface area contributed by atoms with Gasteiger partial charge >= 0.3 is 0 Å². The van der Waals surface area contributed by atoms with Crippen LogP contribution in [0.5, 0.6) is 0 Å². The van der Waals surface area contributed by atoms with E-state index in [4.69, 9.17) is 4.99 Å². The number of nitrogens with one attached hydrogen (secondary N) is 2. The zero-order chi connectivity index (χ0) is 14.3. The van der Waals surface area contributed by atoms with Crippen molar-refractivity contribution in [3.63, 3.8) is 0 Å². The molecule has 1 heterocycles. The van der Waals surface area contributed by atoms with Crippen LogP contribution in [0.2, 0.25) is 0 Å². The molecule has 0 aliphatic carbocycles. The number of nitrogens with zero attached hydrogens (tertiary/aromatic N) is 2. The van der Waals surface area contributed by atoms with Crippen LogP contribution in [0, 0.1) is 5.92 Å². The maximum Gasteiger partial charge on any atom is 0.191 e. The molecule has 0 aromatic rings. The lowest BCUT2D eigenvalue weighted by Crippen LogP contribution is -2.44. The molecular formula is C15H32N4. The van der Waals surface area contributed by atoms with Gasteiger partial charge in [0.05, 0.1) is 6.54 Å². The third kappa shape index (κ3) is 6.28. The van der Waals surface area contributed by atoms with Crippen molar-refractivity contribution >= 4 is 5.96 Å². The molecule has 1 rings (SSSR count). The quantitative estimate of drug-likeness (QED) is 0.592. The molecule has 19 heavy (non-hydrogen) atoms. The molecule has 1 atom stereocenters. The Bertz CT molecular complexity index is 267. The first-order valence-corrected chi connectivity index (χ1v) is 7.81. The maximum absolute atomic E-state index is 4.70. The topological polar surface area (TPSA) is 39.7 Å². The second-order valence-corrected chi connectivity index (χ2v) is 6.09. The average molecular weight is 268 g/mol. The Morgan fingerprint density at radius 2 is 1.89 bits per heavy atom. The molecule has 0 amide bonds. The van der Waals surface area contributed by atoms with Gasteiger partial charge in [-0.15, -0.1) is 0 Å². The minimum absolute atomic E-state index is 0.420. The average Bonchev–Trinajstić information content (AvgIpc) is 2.36. The largest absolute Gasteiger partial charge is 0.357 e. The first kappa shape index (κ1) is 16.3. The van der Waals surface area contributed by atoms with Crippen molar-refractivity contribution in [3.05, 3.63) is 0 Å². The minimum atomic E-state index is 0.420. The molecular weight excluding hydrogens is 236 g/mol. The third-order valence-electron chi connectivity index (χ3n) is 3.72. The summed E-state index contributed by atoms with van der Waals surface area (Å²) in [4.78, 5) is 7.27. The monoisotopic (exact) mass is 268 g/mol. The summed E-state index contributed by atoms with van der Waals surface area (Å²) in [5.41, 5.74) is 0. The van der Waals surface area contributed by atoms with Gasteiger partial charge in [0.2, 0.25) is 0 Å². The van der Waals surface area contributed by atoms with Gasteiger partial charge in [0.25, 0.3) is 0 Å². The van der Waals surface area contributed by atoms with Crippen LogP contribution in [0.1, 0.15) is 47.5 Å². The Morgan fingerprint density at radius 1 is 1.26 bits per heavy atom. The zero-order valence-corrected chi connectivity index (χ0v) is 13.4. The van der Waals surface area contributed by atoms with Gasteiger partial charge in [-0.05, 0) is 59.5 Å². The summed E-state index contributed by atoms with van der Waals surface area (Å²) in [5.74, 6) is 1.83. The molecule has 0 radical (unpaired) electrons. The van der Waals surface area contributed by atoms with Gasteiger partial charge in [0.1, 0.15) is 0 Å². The molecule has 4 nitrogen and oxygen atoms in total. The van der Waals surface area contributed by atoms with E-state index in [1.54, 1.807) is 0 Å². The molecule has 4 heteroatoms. The van der Waals surface area contributed by atoms with E-state index >= 15 is 0 Å². The van der Waals surface area contributed by atoms with Gasteiger partial charge in [-0.1, -0.05) is 6.92 Å². The van der Waals surface area contributed by atoms with Gasteiger partial charge in [-0.2, -0.15) is 0 Å². The number of rotatable bonds is 5. The number of hydrogen-bond acceptors (Lipinski definition) is 2. The highest BCUT2D eigenvalue weighted by Crippen LogP contribution is 2.17. The Kier molecular flexibility index (Phi) is 7.21. The second-order valence-electron chi connectivity index (χ2n) is 6.09. The Balaban J connectivity index is 2.42. The summed E-state index contributed by atoms with van der Waals surface area (Å²) in [6.07, 6.45) is 2.66. The fourth-order valence-electron chi connectivity index (χ4n) is 2.40. The molecule has 0 aromatic heterocycles. The van der Waals surface area contributed by atoms with Crippen LogP contribution in [0.25, 0.3) is 0 Å². The van der Waals surface area contributed by atoms with Crippen LogP contribution in [0.4, 0.5) is 0 Å². The van der Waals surface area contributed by atoms with Crippen LogP contribution in [0.15, 0.2) is 4.99 Å². The highest BCUT2D eigenvalue weighted by Gasteiger charge is 2.19. The van der Waals surface area contributed by atoms with E-state index in [0.717, 1.165) is 25.0 Å². The summed E-state index contributed by atoms with van der Waals surface area (Å²) in [7, 11) is 0. The number of guanidine groups is 1. The van der Waals surface area contributed by atoms with E-state index in [1.807, 2.05) is 0 Å². The smallest absolute Gasteiger partial charge is 0.191 e. The Morgan fingerprint density at radius 3 is 2.42 bits per heavy atom. The molecule has 1 unspecified atom stereocenters. The van der Waals surface area contributed by atoms with Crippen LogP contribution >= 0.6 is 0 Å². The summed E-state index contributed by atoms with van der Waals surface area (Å²) in [6, 6.07) is 0.957. The summed E-state index contributed by atoms with van der Waals surface area (Å²) >= 11 is 0. The Labute approximate surface area is 119 Å². The van der Waals surface area contributed by atoms with Crippen molar-refractivity contribution in [1.82, 2.24) is 15.5 Å². The van der Waals surface area contributed by atoms with E-state index in [2.05, 4.69) is 50.2 Å². The van der Waals surface area contributed by atoms with Crippen LogP contribution in [-0.4, -0.2) is 49.1 Å². The van der Waals surface area contributed by atoms with Gasteiger partial charge in [-0.3, -0.25) is 9.89 Å². The second kappa shape index (κ2) is 8.41. The third-order valence-corrected chi connectivity index (χ3v) is 3.72. The molecule has 0 spiro atoms. The predicted molar refractivity (Wildman–Crippen MR) is 83.7 cm³/mol. The molecule has 0 bridgehead atoms. The van der Waals surface area contributed by atoms with Gasteiger partial charge < -0.3 is 10.6 Å². The van der Waals surface area contributed by atoms with Crippen LogP contribution in [0.3, 0.4) is 0 Å². The highest BCUT2D eigenvalue weighted by molar-refractivity contribution is 5.79. The summed E-state index contributed by atoms with van der Waals surface area (Å²) in [5, 5.41) is 6.67. The number of piperidine rings is 1. The molecule has 1 aliphatic rings. The van der Waals surface area contributed by atoms with Gasteiger partial charge in [0, 0.05) is 18.6 Å². The number of aliphatic imine (C=N–C) groups is 1. The molecule has 1 saturated heterocycles. The Hall–Kier alpha value is -0.770. The minimum Gasteiger partial charge on any atom is -0.357 e. The molecule has 0 saturated carbocycles. The van der Waals surface area contributed by atoms with E-state index in [-0.39, 0.29) is 0 Å². The first-order valence-electron chi connectivity index (χ1n) is 7.81. The van der Waals surface area contributed by atoms with Crippen molar-refractivity contribution in [3.8, 4) is 0 Å². The van der Waals surface area contributed by atoms with E-state index < -0.39 is 0 Å². The molecule has 2 N–H and O–H groups in total. The van der Waals surface area contributed by atoms with Crippen molar-refractivity contribution in [2.75, 3.05) is 26.2 Å². The van der Waals surface area contributed by atoms with E-state index in [9.17, 15) is 0 Å². The SMILES string of the molecule is CCNC(=NCC(C)N1CCC(C)CC1)NC(C)C. The van der Waals surface area contributed by atoms with Crippen LogP contribution < -0.4 is 10.6 Å². The lowest BCUT2D eigenvalue weighted by atomic mass is 9.98. The van der Waals surface area contributed by atoms with Gasteiger partial charge in [0.15, 0.2) is 5.96 Å². The fraction of sp³-hybridized carbons (Fsp3) is 0.933. The van der Waals surface area contributed by atoms with Crippen molar-refractivity contribution in [1.29, 1.82) is 0 Å². The lowest BCUT2D eigenvalue weighted by Gasteiger charge is -2.34. The van der Waals surface area contributed by atoms with Crippen molar-refractivity contribution in [2.24, 2.45) is 10.9 Å². The van der Waals surface area contributed by atoms with Gasteiger partial charge in [-0.25, -0.2) is 0 Å². The highest BCUT2D eigenvalue weighted by atomic mass is 15.2. The lowest BCUT2D eigenvalue weighted by molar-refractivity contribution is 0.150. The van der Waals surface area contributed by atoms with E-state index in [0.29, 0.717) is 12.1 Å². The first-order chi connectivity index (χ1) is 9.02. The summed E-state index contributed by atoms with van der Waals surface area (Å²) in [6.45, 7) is 15.3. The zero-order valence-electron chi connectivity index (χ0n) is 13.4. The van der Waals surface area contributed by atoms with E-state index in [1.165, 1.54) is 25.9 Å². The summed E-state index contributed by atoms with van der Waals surface area (Å²) < 4.78 is 0. The standard InChI is InChI=1S/C15H32N4/c1-6-16-15(18-12(2)3)17-11-14(5)19-9-7-13(4)8-10-19/h12-14H,6-11H2,1-5H3,(H2,16,17,18). The molecule has 112 valence electrons. The fourth-order valence-corrected chi connectivity index (χ4v) is 2.40.